The minimum Gasteiger partial charge on any atom is -0.480 e. The minimum absolute atomic E-state index is 0.295. The third-order valence-corrected chi connectivity index (χ3v) is 3.40. The Morgan fingerprint density at radius 3 is 2.46 bits per heavy atom. The Morgan fingerprint density at radius 1 is 1.25 bits per heavy atom. The van der Waals surface area contributed by atoms with Gasteiger partial charge in [-0.25, -0.2) is 4.39 Å². The monoisotopic (exact) mass is 339 g/mol. The largest absolute Gasteiger partial charge is 0.480 e. The Kier molecular flexibility index (Phi) is 7.84. The van der Waals surface area contributed by atoms with Crippen LogP contribution in [0.15, 0.2) is 24.3 Å². The average molecular weight is 339 g/mol. The Balaban J connectivity index is 2.23. The third kappa shape index (κ3) is 6.74. The van der Waals surface area contributed by atoms with E-state index in [0.29, 0.717) is 31.4 Å². The first-order valence-electron chi connectivity index (χ1n) is 7.57. The smallest absolute Gasteiger partial charge is 0.323 e. The van der Waals surface area contributed by atoms with E-state index in [1.54, 1.807) is 0 Å². The van der Waals surface area contributed by atoms with Crippen molar-refractivity contribution in [1.29, 1.82) is 0 Å². The molecule has 1 aromatic rings. The molecule has 0 aromatic heterocycles. The van der Waals surface area contributed by atoms with E-state index >= 15 is 0 Å². The molecule has 1 aromatic carbocycles. The predicted octanol–water partition coefficient (Wildman–Crippen LogP) is 0.596. The first-order valence-corrected chi connectivity index (χ1v) is 7.57. The highest BCUT2D eigenvalue weighted by atomic mass is 19.1. The number of nitrogens with two attached hydrogens (primary N) is 1. The number of likely N-dealkylation sites (N-methyl/N-ethyl adjacent to an activating group) is 1. The van der Waals surface area contributed by atoms with E-state index in [9.17, 15) is 18.8 Å². The molecule has 0 aliphatic rings. The Morgan fingerprint density at radius 2 is 1.88 bits per heavy atom. The van der Waals surface area contributed by atoms with Gasteiger partial charge in [0.25, 0.3) is 5.91 Å². The summed E-state index contributed by atoms with van der Waals surface area (Å²) in [4.78, 5) is 35.2. The molecule has 0 radical (unpaired) electrons. The van der Waals surface area contributed by atoms with Crippen LogP contribution >= 0.6 is 0 Å². The van der Waals surface area contributed by atoms with Gasteiger partial charge in [-0.05, 0) is 43.5 Å². The molecule has 8 heteroatoms. The molecule has 1 rings (SSSR count). The number of unbranched alkanes of at least 4 members (excludes halogenated alkanes) is 1. The van der Waals surface area contributed by atoms with Gasteiger partial charge in [-0.15, -0.1) is 0 Å². The first kappa shape index (κ1) is 19.6. The van der Waals surface area contributed by atoms with Crippen LogP contribution in [0.5, 0.6) is 0 Å². The highest BCUT2D eigenvalue weighted by Gasteiger charge is 2.19. The van der Waals surface area contributed by atoms with Crippen molar-refractivity contribution in [2.75, 3.05) is 20.1 Å². The van der Waals surface area contributed by atoms with Crippen molar-refractivity contribution in [1.82, 2.24) is 10.2 Å². The van der Waals surface area contributed by atoms with E-state index in [1.807, 2.05) is 0 Å². The van der Waals surface area contributed by atoms with Gasteiger partial charge < -0.3 is 21.1 Å². The lowest BCUT2D eigenvalue weighted by molar-refractivity contribution is -0.144. The number of benzene rings is 1. The van der Waals surface area contributed by atoms with Crippen LogP contribution in [0.1, 0.15) is 29.6 Å². The molecule has 7 nitrogen and oxygen atoms in total. The van der Waals surface area contributed by atoms with Gasteiger partial charge in [-0.2, -0.15) is 0 Å². The van der Waals surface area contributed by atoms with E-state index in [1.165, 1.54) is 31.3 Å². The predicted molar refractivity (Wildman–Crippen MR) is 85.8 cm³/mol. The van der Waals surface area contributed by atoms with Crippen LogP contribution in [-0.4, -0.2) is 54.0 Å². The quantitative estimate of drug-likeness (QED) is 0.570. The summed E-state index contributed by atoms with van der Waals surface area (Å²) in [6.07, 6.45) is 1.63. The summed E-state index contributed by atoms with van der Waals surface area (Å²) in [5.74, 6) is -2.22. The number of rotatable bonds is 9. The molecular formula is C16H22FN3O4. The van der Waals surface area contributed by atoms with E-state index < -0.39 is 23.7 Å². The molecule has 0 spiro atoms. The Hall–Kier alpha value is -2.48. The number of halogens is 1. The summed E-state index contributed by atoms with van der Waals surface area (Å²) in [5.41, 5.74) is 6.11. The van der Waals surface area contributed by atoms with Gasteiger partial charge in [0.2, 0.25) is 5.91 Å². The van der Waals surface area contributed by atoms with Gasteiger partial charge in [-0.1, -0.05) is 0 Å². The van der Waals surface area contributed by atoms with Crippen molar-refractivity contribution in [3.05, 3.63) is 35.6 Å². The second kappa shape index (κ2) is 9.61. The van der Waals surface area contributed by atoms with Crippen molar-refractivity contribution in [2.45, 2.75) is 25.3 Å². The molecule has 0 aliphatic heterocycles. The number of amides is 2. The summed E-state index contributed by atoms with van der Waals surface area (Å²) in [6, 6.07) is 4.47. The fraction of sp³-hybridized carbons (Fsp3) is 0.438. The molecule has 1 unspecified atom stereocenters. The number of carbonyl (C=O) groups excluding carboxylic acids is 2. The zero-order chi connectivity index (χ0) is 18.1. The molecule has 0 heterocycles. The van der Waals surface area contributed by atoms with Crippen LogP contribution in [-0.2, 0) is 9.59 Å². The SMILES string of the molecule is CN(CC(=O)O)C(=O)C(N)CCCCNC(=O)c1ccc(F)cc1. The highest BCUT2D eigenvalue weighted by molar-refractivity contribution is 5.94. The van der Waals surface area contributed by atoms with Crippen molar-refractivity contribution < 1.29 is 23.9 Å². The summed E-state index contributed by atoms with van der Waals surface area (Å²) < 4.78 is 12.8. The Labute approximate surface area is 139 Å². The highest BCUT2D eigenvalue weighted by Crippen LogP contribution is 2.04. The number of carboxylic acids is 1. The molecule has 0 saturated carbocycles. The maximum atomic E-state index is 12.8. The number of hydrogen-bond acceptors (Lipinski definition) is 4. The van der Waals surface area contributed by atoms with Crippen LogP contribution in [0, 0.1) is 5.82 Å². The molecule has 0 saturated heterocycles. The Bertz CT molecular complexity index is 577. The maximum absolute atomic E-state index is 12.8. The number of hydrogen-bond donors (Lipinski definition) is 3. The van der Waals surface area contributed by atoms with E-state index in [-0.39, 0.29) is 12.5 Å². The molecule has 2 amide bonds. The molecule has 1 atom stereocenters. The summed E-state index contributed by atoms with van der Waals surface area (Å²) in [5, 5.41) is 11.3. The van der Waals surface area contributed by atoms with Gasteiger partial charge in [0.1, 0.15) is 12.4 Å². The maximum Gasteiger partial charge on any atom is 0.323 e. The molecule has 4 N–H and O–H groups in total. The zero-order valence-electron chi connectivity index (χ0n) is 13.5. The number of nitrogens with zero attached hydrogens (tertiary/aromatic N) is 1. The fourth-order valence-corrected chi connectivity index (χ4v) is 2.08. The van der Waals surface area contributed by atoms with Crippen LogP contribution in [0.25, 0.3) is 0 Å². The van der Waals surface area contributed by atoms with Crippen LogP contribution in [0.2, 0.25) is 0 Å². The van der Waals surface area contributed by atoms with Crippen molar-refractivity contribution >= 4 is 17.8 Å². The topological polar surface area (TPSA) is 113 Å². The van der Waals surface area contributed by atoms with Gasteiger partial charge in [0.05, 0.1) is 6.04 Å². The summed E-state index contributed by atoms with van der Waals surface area (Å²) in [7, 11) is 1.39. The normalized spacial score (nSPS) is 11.6. The number of carboxylic acid groups (broad SMARTS) is 1. The lowest BCUT2D eigenvalue weighted by Crippen LogP contribution is -2.43. The molecule has 24 heavy (non-hydrogen) atoms. The van der Waals surface area contributed by atoms with Crippen molar-refractivity contribution in [3.8, 4) is 0 Å². The molecule has 0 bridgehead atoms. The first-order chi connectivity index (χ1) is 11.3. The minimum atomic E-state index is -1.10. The fourth-order valence-electron chi connectivity index (χ4n) is 2.08. The average Bonchev–Trinajstić information content (AvgIpc) is 2.53. The van der Waals surface area contributed by atoms with Gasteiger partial charge >= 0.3 is 5.97 Å². The van der Waals surface area contributed by atoms with Crippen LogP contribution in [0.3, 0.4) is 0 Å². The third-order valence-electron chi connectivity index (χ3n) is 3.40. The lowest BCUT2D eigenvalue weighted by Gasteiger charge is -2.19. The molecule has 0 aliphatic carbocycles. The van der Waals surface area contributed by atoms with Gasteiger partial charge in [-0.3, -0.25) is 14.4 Å². The standard InChI is InChI=1S/C16H22FN3O4/c1-20(10-14(21)22)16(24)13(18)4-2-3-9-19-15(23)11-5-7-12(17)8-6-11/h5-8,13H,2-4,9-10,18H2,1H3,(H,19,23)(H,21,22). The van der Waals surface area contributed by atoms with Crippen LogP contribution < -0.4 is 11.1 Å². The van der Waals surface area contributed by atoms with Gasteiger partial charge in [0.15, 0.2) is 0 Å². The van der Waals surface area contributed by atoms with E-state index in [2.05, 4.69) is 5.32 Å². The van der Waals surface area contributed by atoms with Crippen LogP contribution in [0.4, 0.5) is 4.39 Å². The summed E-state index contributed by atoms with van der Waals surface area (Å²) in [6.45, 7) is 0.0162. The number of nitrogens with one attached hydrogen (secondary N) is 1. The van der Waals surface area contributed by atoms with Gasteiger partial charge in [0, 0.05) is 19.2 Å². The number of aliphatic carboxylic acids is 1. The number of carbonyl (C=O) groups is 3. The lowest BCUT2D eigenvalue weighted by atomic mass is 10.1. The zero-order valence-corrected chi connectivity index (χ0v) is 13.5. The summed E-state index contributed by atoms with van der Waals surface area (Å²) >= 11 is 0. The second-order valence-corrected chi connectivity index (χ2v) is 5.45. The molecular weight excluding hydrogens is 317 g/mol. The van der Waals surface area contributed by atoms with Crippen molar-refractivity contribution in [3.63, 3.8) is 0 Å². The molecule has 132 valence electrons. The molecule has 0 fully saturated rings. The second-order valence-electron chi connectivity index (χ2n) is 5.45. The van der Waals surface area contributed by atoms with E-state index in [0.717, 1.165) is 4.90 Å². The van der Waals surface area contributed by atoms with Crippen molar-refractivity contribution in [2.24, 2.45) is 5.73 Å². The van der Waals surface area contributed by atoms with E-state index in [4.69, 9.17) is 10.8 Å².